The molecule has 0 saturated heterocycles. The molecule has 1 aromatic carbocycles. The molecule has 0 unspecified atom stereocenters. The number of anilines is 1. The van der Waals surface area contributed by atoms with Crippen LogP contribution in [-0.4, -0.2) is 17.5 Å². The number of thioether (sulfide) groups is 1. The van der Waals surface area contributed by atoms with Crippen molar-refractivity contribution in [3.05, 3.63) is 28.8 Å². The second-order valence-corrected chi connectivity index (χ2v) is 5.91. The third kappa shape index (κ3) is 4.28. The quantitative estimate of drug-likeness (QED) is 0.847. The van der Waals surface area contributed by atoms with E-state index >= 15 is 0 Å². The topological polar surface area (TPSA) is 12.0 Å². The Kier molecular flexibility index (Phi) is 4.84. The summed E-state index contributed by atoms with van der Waals surface area (Å²) >= 11 is 7.53. The summed E-state index contributed by atoms with van der Waals surface area (Å²) in [7, 11) is 0. The van der Waals surface area contributed by atoms with Gasteiger partial charge in [0.1, 0.15) is 0 Å². The third-order valence-electron chi connectivity index (χ3n) is 2.27. The Morgan fingerprint density at radius 3 is 2.33 bits per heavy atom. The highest BCUT2D eigenvalue weighted by Crippen LogP contribution is 2.34. The first kappa shape index (κ1) is 15.5. The van der Waals surface area contributed by atoms with E-state index in [0.717, 1.165) is 17.9 Å². The number of rotatable bonds is 4. The monoisotopic (exact) mass is 297 g/mol. The Morgan fingerprint density at radius 2 is 1.89 bits per heavy atom. The number of nitrogens with one attached hydrogen (secondary N) is 1. The highest BCUT2D eigenvalue weighted by molar-refractivity contribution is 7.98. The molecule has 0 atom stereocenters. The van der Waals surface area contributed by atoms with Crippen LogP contribution in [0, 0.1) is 0 Å². The molecule has 0 aromatic heterocycles. The van der Waals surface area contributed by atoms with Crippen LogP contribution in [0.2, 0.25) is 5.02 Å². The molecule has 0 bridgehead atoms. The lowest BCUT2D eigenvalue weighted by Gasteiger charge is -2.27. The van der Waals surface area contributed by atoms with Crippen LogP contribution in [0.25, 0.3) is 0 Å². The van der Waals surface area contributed by atoms with Crippen LogP contribution >= 0.6 is 23.4 Å². The van der Waals surface area contributed by atoms with Gasteiger partial charge in [0.15, 0.2) is 0 Å². The summed E-state index contributed by atoms with van der Waals surface area (Å²) in [4.78, 5) is 0. The Labute approximate surface area is 114 Å². The molecule has 0 radical (unpaired) electrons. The molecule has 1 nitrogen and oxygen atoms in total. The fourth-order valence-corrected chi connectivity index (χ4v) is 2.58. The van der Waals surface area contributed by atoms with E-state index in [2.05, 4.69) is 5.32 Å². The van der Waals surface area contributed by atoms with Crippen LogP contribution in [0.3, 0.4) is 0 Å². The Balaban J connectivity index is 2.93. The number of alkyl halides is 3. The van der Waals surface area contributed by atoms with Gasteiger partial charge in [-0.3, -0.25) is 0 Å². The number of hydrogen-bond donors (Lipinski definition) is 1. The molecule has 1 aromatic rings. The van der Waals surface area contributed by atoms with Crippen LogP contribution in [0.1, 0.15) is 19.4 Å². The molecule has 102 valence electrons. The van der Waals surface area contributed by atoms with Gasteiger partial charge >= 0.3 is 6.18 Å². The Hall–Kier alpha value is -0.550. The minimum atomic E-state index is -4.36. The van der Waals surface area contributed by atoms with E-state index in [1.165, 1.54) is 6.07 Å². The van der Waals surface area contributed by atoms with Crippen molar-refractivity contribution in [2.45, 2.75) is 25.6 Å². The zero-order valence-electron chi connectivity index (χ0n) is 10.4. The average Bonchev–Trinajstić information content (AvgIpc) is 2.19. The largest absolute Gasteiger partial charge is 0.416 e. The van der Waals surface area contributed by atoms with Gasteiger partial charge in [0.2, 0.25) is 0 Å². The second kappa shape index (κ2) is 5.61. The maximum Gasteiger partial charge on any atom is 0.416 e. The summed E-state index contributed by atoms with van der Waals surface area (Å²) in [5, 5.41) is 3.23. The molecular formula is C12H15ClF3NS. The zero-order valence-corrected chi connectivity index (χ0v) is 11.9. The lowest BCUT2D eigenvalue weighted by atomic mass is 10.1. The third-order valence-corrected chi connectivity index (χ3v) is 3.60. The average molecular weight is 298 g/mol. The molecule has 18 heavy (non-hydrogen) atoms. The summed E-state index contributed by atoms with van der Waals surface area (Å²) in [6, 6.07) is 3.34. The maximum atomic E-state index is 12.5. The van der Waals surface area contributed by atoms with Gasteiger partial charge in [-0.1, -0.05) is 11.6 Å². The molecule has 0 fully saturated rings. The van der Waals surface area contributed by atoms with Crippen LogP contribution in [0.15, 0.2) is 18.2 Å². The minimum absolute atomic E-state index is 0.0824. The fourth-order valence-electron chi connectivity index (χ4n) is 1.55. The predicted molar refractivity (Wildman–Crippen MR) is 72.5 cm³/mol. The van der Waals surface area contributed by atoms with Gasteiger partial charge in [-0.25, -0.2) is 0 Å². The van der Waals surface area contributed by atoms with Crippen molar-refractivity contribution in [3.8, 4) is 0 Å². The molecule has 1 rings (SSSR count). The van der Waals surface area contributed by atoms with E-state index in [1.54, 1.807) is 11.8 Å². The Bertz CT molecular complexity index is 418. The molecule has 0 aliphatic rings. The lowest BCUT2D eigenvalue weighted by Crippen LogP contribution is -2.33. The SMILES string of the molecule is CSCC(C)(C)Nc1ccc(C(F)(F)F)cc1Cl. The molecule has 0 heterocycles. The standard InChI is InChI=1S/C12H15ClF3NS/c1-11(2,7-18-3)17-10-5-4-8(6-9(10)13)12(14,15)16/h4-6,17H,7H2,1-3H3. The summed E-state index contributed by atoms with van der Waals surface area (Å²) in [6.07, 6.45) is -2.39. The van der Waals surface area contributed by atoms with Gasteiger partial charge in [0, 0.05) is 11.3 Å². The van der Waals surface area contributed by atoms with Crippen molar-refractivity contribution in [3.63, 3.8) is 0 Å². The van der Waals surface area contributed by atoms with Crippen LogP contribution in [0.4, 0.5) is 18.9 Å². The van der Waals surface area contributed by atoms with E-state index < -0.39 is 11.7 Å². The highest BCUT2D eigenvalue weighted by atomic mass is 35.5. The molecule has 0 aliphatic carbocycles. The van der Waals surface area contributed by atoms with Gasteiger partial charge < -0.3 is 5.32 Å². The molecule has 0 aliphatic heterocycles. The van der Waals surface area contributed by atoms with Crippen molar-refractivity contribution in [2.75, 3.05) is 17.3 Å². The first-order chi connectivity index (χ1) is 8.15. The Morgan fingerprint density at radius 1 is 1.28 bits per heavy atom. The summed E-state index contributed by atoms with van der Waals surface area (Å²) in [5.74, 6) is 0.824. The molecule has 6 heteroatoms. The van der Waals surface area contributed by atoms with Crippen molar-refractivity contribution in [1.29, 1.82) is 0 Å². The summed E-state index contributed by atoms with van der Waals surface area (Å²) < 4.78 is 37.4. The maximum absolute atomic E-state index is 12.5. The number of benzene rings is 1. The normalized spacial score (nSPS) is 12.6. The van der Waals surface area contributed by atoms with Crippen LogP contribution < -0.4 is 5.32 Å². The summed E-state index contributed by atoms with van der Waals surface area (Å²) in [5.41, 5.74) is -0.451. The highest BCUT2D eigenvalue weighted by Gasteiger charge is 2.31. The number of hydrogen-bond acceptors (Lipinski definition) is 2. The molecule has 1 N–H and O–H groups in total. The lowest BCUT2D eigenvalue weighted by molar-refractivity contribution is -0.137. The fraction of sp³-hybridized carbons (Fsp3) is 0.500. The molecule has 0 amide bonds. The first-order valence-electron chi connectivity index (χ1n) is 5.29. The van der Waals surface area contributed by atoms with Gasteiger partial charge in [-0.15, -0.1) is 0 Å². The van der Waals surface area contributed by atoms with Crippen molar-refractivity contribution in [2.24, 2.45) is 0 Å². The van der Waals surface area contributed by atoms with Crippen LogP contribution in [-0.2, 0) is 6.18 Å². The number of halogens is 4. The van der Waals surface area contributed by atoms with E-state index in [1.807, 2.05) is 20.1 Å². The van der Waals surface area contributed by atoms with E-state index in [0.29, 0.717) is 5.69 Å². The van der Waals surface area contributed by atoms with E-state index in [4.69, 9.17) is 11.6 Å². The van der Waals surface area contributed by atoms with Crippen molar-refractivity contribution >= 4 is 29.1 Å². The van der Waals surface area contributed by atoms with E-state index in [9.17, 15) is 13.2 Å². The predicted octanol–water partition coefficient (Wildman–Crippen LogP) is 4.91. The molecule has 0 spiro atoms. The summed E-state index contributed by atoms with van der Waals surface area (Å²) in [6.45, 7) is 3.94. The zero-order chi connectivity index (χ0) is 14.0. The second-order valence-electron chi connectivity index (χ2n) is 4.63. The molecule has 0 saturated carbocycles. The van der Waals surface area contributed by atoms with Gasteiger partial charge in [0.05, 0.1) is 16.3 Å². The van der Waals surface area contributed by atoms with Crippen molar-refractivity contribution < 1.29 is 13.2 Å². The van der Waals surface area contributed by atoms with Gasteiger partial charge in [-0.2, -0.15) is 24.9 Å². The van der Waals surface area contributed by atoms with Gasteiger partial charge in [0.25, 0.3) is 0 Å². The molecular weight excluding hydrogens is 283 g/mol. The smallest absolute Gasteiger partial charge is 0.378 e. The van der Waals surface area contributed by atoms with Gasteiger partial charge in [-0.05, 0) is 38.3 Å². The first-order valence-corrected chi connectivity index (χ1v) is 7.07. The van der Waals surface area contributed by atoms with Crippen molar-refractivity contribution in [1.82, 2.24) is 0 Å². The van der Waals surface area contributed by atoms with E-state index in [-0.39, 0.29) is 10.6 Å². The van der Waals surface area contributed by atoms with Crippen LogP contribution in [0.5, 0.6) is 0 Å². The minimum Gasteiger partial charge on any atom is -0.378 e.